The van der Waals surface area contributed by atoms with Crippen LogP contribution in [0.3, 0.4) is 0 Å². The molecule has 0 unspecified atom stereocenters. The van der Waals surface area contributed by atoms with E-state index < -0.39 is 0 Å². The number of aromatic nitrogens is 3. The minimum Gasteiger partial charge on any atom is -0.497 e. The Morgan fingerprint density at radius 3 is 3.07 bits per heavy atom. The maximum absolute atomic E-state index is 9.06. The van der Waals surface area contributed by atoms with Gasteiger partial charge in [0.2, 0.25) is 0 Å². The first-order valence-electron chi connectivity index (χ1n) is 4.50. The van der Waals surface area contributed by atoms with Gasteiger partial charge in [-0.3, -0.25) is 0 Å². The molecule has 0 aliphatic heterocycles. The molecule has 0 spiro atoms. The minimum atomic E-state index is -0.0930. The molecule has 1 N–H and O–H groups in total. The van der Waals surface area contributed by atoms with E-state index >= 15 is 0 Å². The Morgan fingerprint density at radius 2 is 2.33 bits per heavy atom. The molecule has 15 heavy (non-hydrogen) atoms. The number of rotatable bonds is 3. The van der Waals surface area contributed by atoms with Crippen molar-refractivity contribution >= 4 is 0 Å². The van der Waals surface area contributed by atoms with Crippen LogP contribution in [-0.4, -0.2) is 27.2 Å². The number of hydrogen-bond acceptors (Lipinski definition) is 4. The predicted molar refractivity (Wildman–Crippen MR) is 53.8 cm³/mol. The van der Waals surface area contributed by atoms with Gasteiger partial charge in [0, 0.05) is 6.07 Å². The fourth-order valence-corrected chi connectivity index (χ4v) is 1.32. The molecule has 1 aromatic heterocycles. The molecular weight excluding hydrogens is 194 g/mol. The lowest BCUT2D eigenvalue weighted by molar-refractivity contribution is 0.273. The molecule has 0 fully saturated rings. The van der Waals surface area contributed by atoms with Crippen molar-refractivity contribution in [3.05, 3.63) is 36.2 Å². The number of nitrogens with zero attached hydrogens (tertiary/aromatic N) is 3. The Morgan fingerprint density at radius 1 is 1.47 bits per heavy atom. The summed E-state index contributed by atoms with van der Waals surface area (Å²) in [4.78, 5) is 0. The Kier molecular flexibility index (Phi) is 2.64. The first-order valence-corrected chi connectivity index (χ1v) is 4.50. The molecule has 0 saturated heterocycles. The maximum Gasteiger partial charge on any atom is 0.121 e. The summed E-state index contributed by atoms with van der Waals surface area (Å²) in [6, 6.07) is 7.40. The van der Waals surface area contributed by atoms with Crippen molar-refractivity contribution in [3.8, 4) is 11.4 Å². The third kappa shape index (κ3) is 1.82. The summed E-state index contributed by atoms with van der Waals surface area (Å²) in [6.45, 7) is -0.0930. The fraction of sp³-hybridized carbons (Fsp3) is 0.200. The van der Waals surface area contributed by atoms with Gasteiger partial charge in [-0.1, -0.05) is 11.3 Å². The van der Waals surface area contributed by atoms with Crippen molar-refractivity contribution < 1.29 is 9.84 Å². The molecule has 78 valence electrons. The molecule has 0 atom stereocenters. The third-order valence-corrected chi connectivity index (χ3v) is 2.08. The maximum atomic E-state index is 9.06. The molecule has 0 amide bonds. The zero-order chi connectivity index (χ0) is 10.7. The Hall–Kier alpha value is -1.88. The summed E-state index contributed by atoms with van der Waals surface area (Å²) >= 11 is 0. The van der Waals surface area contributed by atoms with Gasteiger partial charge in [-0.2, -0.15) is 0 Å². The van der Waals surface area contributed by atoms with Gasteiger partial charge in [-0.25, -0.2) is 4.68 Å². The molecular formula is C10H11N3O2. The molecule has 1 heterocycles. The smallest absolute Gasteiger partial charge is 0.121 e. The van der Waals surface area contributed by atoms with Gasteiger partial charge in [-0.05, 0) is 12.1 Å². The zero-order valence-electron chi connectivity index (χ0n) is 8.29. The van der Waals surface area contributed by atoms with Crippen LogP contribution in [0.4, 0.5) is 0 Å². The van der Waals surface area contributed by atoms with E-state index in [0.717, 1.165) is 11.4 Å². The average Bonchev–Trinajstić information content (AvgIpc) is 2.77. The lowest BCUT2D eigenvalue weighted by Gasteiger charge is -2.05. The molecule has 2 rings (SSSR count). The largest absolute Gasteiger partial charge is 0.497 e. The Bertz CT molecular complexity index is 453. The lowest BCUT2D eigenvalue weighted by atomic mass is 10.3. The number of aliphatic hydroxyl groups is 1. The van der Waals surface area contributed by atoms with Gasteiger partial charge >= 0.3 is 0 Å². The van der Waals surface area contributed by atoms with E-state index in [4.69, 9.17) is 9.84 Å². The molecule has 0 radical (unpaired) electrons. The fourth-order valence-electron chi connectivity index (χ4n) is 1.32. The van der Waals surface area contributed by atoms with Crippen molar-refractivity contribution in [2.24, 2.45) is 0 Å². The standard InChI is InChI=1S/C10H11N3O2/c1-15-10-4-2-3-8(5-10)13-9(7-14)6-11-12-13/h2-6,14H,7H2,1H3. The average molecular weight is 205 g/mol. The van der Waals surface area contributed by atoms with E-state index in [1.165, 1.54) is 6.20 Å². The van der Waals surface area contributed by atoms with E-state index in [9.17, 15) is 0 Å². The van der Waals surface area contributed by atoms with Crippen molar-refractivity contribution in [2.45, 2.75) is 6.61 Å². The van der Waals surface area contributed by atoms with Gasteiger partial charge in [-0.15, -0.1) is 5.10 Å². The molecule has 0 aliphatic carbocycles. The van der Waals surface area contributed by atoms with Gasteiger partial charge in [0.15, 0.2) is 0 Å². The van der Waals surface area contributed by atoms with E-state index in [1.807, 2.05) is 24.3 Å². The number of benzene rings is 1. The quantitative estimate of drug-likeness (QED) is 0.804. The number of ether oxygens (including phenoxy) is 1. The van der Waals surface area contributed by atoms with Gasteiger partial charge in [0.25, 0.3) is 0 Å². The highest BCUT2D eigenvalue weighted by molar-refractivity contribution is 5.39. The predicted octanol–water partition coefficient (Wildman–Crippen LogP) is 0.768. The topological polar surface area (TPSA) is 60.2 Å². The van der Waals surface area contributed by atoms with Gasteiger partial charge in [0.1, 0.15) is 5.75 Å². The van der Waals surface area contributed by atoms with Gasteiger partial charge in [0.05, 0.1) is 31.3 Å². The lowest BCUT2D eigenvalue weighted by Crippen LogP contribution is -2.02. The normalized spacial score (nSPS) is 10.3. The van der Waals surface area contributed by atoms with E-state index in [-0.39, 0.29) is 6.61 Å². The molecule has 1 aromatic carbocycles. The number of methoxy groups -OCH3 is 1. The van der Waals surface area contributed by atoms with Crippen LogP contribution in [0.2, 0.25) is 0 Å². The second kappa shape index (κ2) is 4.10. The Balaban J connectivity index is 2.44. The van der Waals surface area contributed by atoms with Gasteiger partial charge < -0.3 is 9.84 Å². The molecule has 0 bridgehead atoms. The first-order chi connectivity index (χ1) is 7.35. The highest BCUT2D eigenvalue weighted by Crippen LogP contribution is 2.16. The summed E-state index contributed by atoms with van der Waals surface area (Å²) in [5.74, 6) is 0.742. The highest BCUT2D eigenvalue weighted by atomic mass is 16.5. The molecule has 5 nitrogen and oxygen atoms in total. The van der Waals surface area contributed by atoms with Crippen molar-refractivity contribution in [2.75, 3.05) is 7.11 Å². The van der Waals surface area contributed by atoms with Crippen LogP contribution in [0.15, 0.2) is 30.5 Å². The van der Waals surface area contributed by atoms with Crippen LogP contribution < -0.4 is 4.74 Å². The first kappa shape index (κ1) is 9.67. The SMILES string of the molecule is COc1cccc(-n2nncc2CO)c1. The van der Waals surface area contributed by atoms with Crippen molar-refractivity contribution in [1.29, 1.82) is 0 Å². The van der Waals surface area contributed by atoms with E-state index in [0.29, 0.717) is 5.69 Å². The van der Waals surface area contributed by atoms with Crippen LogP contribution in [0.1, 0.15) is 5.69 Å². The summed E-state index contributed by atoms with van der Waals surface area (Å²) in [6.07, 6.45) is 1.53. The molecule has 0 aliphatic rings. The van der Waals surface area contributed by atoms with E-state index in [1.54, 1.807) is 11.8 Å². The summed E-state index contributed by atoms with van der Waals surface area (Å²) in [5, 5.41) is 16.7. The second-order valence-electron chi connectivity index (χ2n) is 3.00. The van der Waals surface area contributed by atoms with Crippen LogP contribution >= 0.6 is 0 Å². The van der Waals surface area contributed by atoms with Crippen LogP contribution in [0.5, 0.6) is 5.75 Å². The minimum absolute atomic E-state index is 0.0930. The van der Waals surface area contributed by atoms with Crippen molar-refractivity contribution in [3.63, 3.8) is 0 Å². The highest BCUT2D eigenvalue weighted by Gasteiger charge is 2.05. The third-order valence-electron chi connectivity index (χ3n) is 2.08. The number of hydrogen-bond donors (Lipinski definition) is 1. The van der Waals surface area contributed by atoms with Crippen molar-refractivity contribution in [1.82, 2.24) is 15.0 Å². The van der Waals surface area contributed by atoms with E-state index in [2.05, 4.69) is 10.3 Å². The second-order valence-corrected chi connectivity index (χ2v) is 3.00. The Labute approximate surface area is 86.9 Å². The summed E-state index contributed by atoms with van der Waals surface area (Å²) < 4.78 is 6.67. The zero-order valence-corrected chi connectivity index (χ0v) is 8.29. The molecule has 2 aromatic rings. The monoisotopic (exact) mass is 205 g/mol. The summed E-state index contributed by atoms with van der Waals surface area (Å²) in [7, 11) is 1.60. The van der Waals surface area contributed by atoms with Crippen LogP contribution in [-0.2, 0) is 6.61 Å². The molecule has 0 saturated carbocycles. The van der Waals surface area contributed by atoms with Crippen LogP contribution in [0.25, 0.3) is 5.69 Å². The summed E-state index contributed by atoms with van der Waals surface area (Å²) in [5.41, 5.74) is 1.46. The molecule has 5 heteroatoms. The van der Waals surface area contributed by atoms with Crippen LogP contribution in [0, 0.1) is 0 Å². The number of aliphatic hydroxyl groups excluding tert-OH is 1.